The minimum atomic E-state index is -4.40. The van der Waals surface area contributed by atoms with E-state index in [2.05, 4.69) is 86.8 Å². The molecule has 1 unspecified atom stereocenters. The van der Waals surface area contributed by atoms with Crippen LogP contribution in [0.4, 0.5) is 0 Å². The molecule has 54 heavy (non-hydrogen) atoms. The van der Waals surface area contributed by atoms with Crippen LogP contribution in [-0.4, -0.2) is 74.9 Å². The molecule has 308 valence electrons. The van der Waals surface area contributed by atoms with Crippen LogP contribution in [0.15, 0.2) is 85.1 Å². The van der Waals surface area contributed by atoms with E-state index in [1.54, 1.807) is 0 Å². The van der Waals surface area contributed by atoms with E-state index in [0.717, 1.165) is 77.0 Å². The normalized spacial score (nSPS) is 14.6. The molecule has 2 atom stereocenters. The van der Waals surface area contributed by atoms with Crippen molar-refractivity contribution in [2.24, 2.45) is 0 Å². The van der Waals surface area contributed by atoms with Gasteiger partial charge in [-0.25, -0.2) is 4.57 Å². The fourth-order valence-corrected chi connectivity index (χ4v) is 5.47. The Morgan fingerprint density at radius 2 is 1.09 bits per heavy atom. The summed E-state index contributed by atoms with van der Waals surface area (Å²) < 4.78 is 34.1. The number of phosphoric acid groups is 1. The van der Waals surface area contributed by atoms with E-state index in [0.29, 0.717) is 23.9 Å². The molecule has 0 fully saturated rings. The number of nitrogens with zero attached hydrogens (tertiary/aromatic N) is 1. The highest BCUT2D eigenvalue weighted by Crippen LogP contribution is 2.43. The Morgan fingerprint density at radius 1 is 0.593 bits per heavy atom. The van der Waals surface area contributed by atoms with Crippen LogP contribution in [0.25, 0.3) is 0 Å². The summed E-state index contributed by atoms with van der Waals surface area (Å²) in [5.74, 6) is -0.919. The van der Waals surface area contributed by atoms with Crippen molar-refractivity contribution in [2.75, 3.05) is 47.5 Å². The first kappa shape index (κ1) is 51.2. The third kappa shape index (κ3) is 38.9. The lowest BCUT2D eigenvalue weighted by molar-refractivity contribution is -0.870. The number of likely N-dealkylation sites (N-methyl/N-ethyl adjacent to an activating group) is 1. The van der Waals surface area contributed by atoms with Gasteiger partial charge in [-0.2, -0.15) is 0 Å². The zero-order valence-electron chi connectivity index (χ0n) is 34.4. The van der Waals surface area contributed by atoms with E-state index in [1.165, 1.54) is 12.8 Å². The number of phosphoric ester groups is 1. The van der Waals surface area contributed by atoms with Gasteiger partial charge in [0.05, 0.1) is 27.7 Å². The number of rotatable bonds is 35. The number of unbranched alkanes of at least 4 members (excludes halogenated alkanes) is 7. The Balaban J connectivity index is 4.56. The maximum atomic E-state index is 12.6. The SMILES string of the molecule is CC/C=C\C/C=C\C/C=C\C/C=C\C/C=C\C/C=C\CCC(=O)O[C@H](COC(=O)CCCCCCC/C=C\CCCC)COP(=O)(O)OCC[N+](C)(C)C. The molecule has 1 N–H and O–H groups in total. The average Bonchev–Trinajstić information content (AvgIpc) is 3.12. The number of allylic oxidation sites excluding steroid dienone is 14. The Hall–Kier alpha value is -2.81. The van der Waals surface area contributed by atoms with Crippen molar-refractivity contribution >= 4 is 19.8 Å². The molecule has 0 aromatic heterocycles. The van der Waals surface area contributed by atoms with Crippen LogP contribution in [0.1, 0.15) is 129 Å². The number of hydrogen-bond donors (Lipinski definition) is 1. The van der Waals surface area contributed by atoms with Gasteiger partial charge in [-0.15, -0.1) is 0 Å². The maximum Gasteiger partial charge on any atom is 0.472 e. The first-order chi connectivity index (χ1) is 26.0. The lowest BCUT2D eigenvalue weighted by Crippen LogP contribution is -2.37. The van der Waals surface area contributed by atoms with Crippen LogP contribution < -0.4 is 0 Å². The van der Waals surface area contributed by atoms with Gasteiger partial charge >= 0.3 is 19.8 Å². The minimum absolute atomic E-state index is 0.0122. The summed E-state index contributed by atoms with van der Waals surface area (Å²) in [6, 6.07) is 0. The number of quaternary nitrogens is 1. The molecule has 0 radical (unpaired) electrons. The number of esters is 2. The largest absolute Gasteiger partial charge is 0.472 e. The van der Waals surface area contributed by atoms with Crippen molar-refractivity contribution < 1.29 is 42.1 Å². The van der Waals surface area contributed by atoms with Crippen molar-refractivity contribution in [3.8, 4) is 0 Å². The molecule has 0 rings (SSSR count). The molecule has 0 aliphatic carbocycles. The molecular formula is C44H75NO8P+. The zero-order valence-corrected chi connectivity index (χ0v) is 35.3. The molecule has 0 spiro atoms. The third-order valence-corrected chi connectivity index (χ3v) is 8.91. The predicted octanol–water partition coefficient (Wildman–Crippen LogP) is 11.2. The molecule has 0 amide bonds. The van der Waals surface area contributed by atoms with E-state index in [4.69, 9.17) is 18.5 Å². The molecule has 0 aliphatic heterocycles. The maximum absolute atomic E-state index is 12.6. The van der Waals surface area contributed by atoms with Gasteiger partial charge in [-0.3, -0.25) is 18.6 Å². The second kappa shape index (κ2) is 35.9. The van der Waals surface area contributed by atoms with Crippen LogP contribution in [0.5, 0.6) is 0 Å². The fourth-order valence-electron chi connectivity index (χ4n) is 4.72. The van der Waals surface area contributed by atoms with E-state index >= 15 is 0 Å². The molecule has 10 heteroatoms. The lowest BCUT2D eigenvalue weighted by Gasteiger charge is -2.24. The molecule has 0 aromatic carbocycles. The molecule has 0 aromatic rings. The summed E-state index contributed by atoms with van der Waals surface area (Å²) in [5.41, 5.74) is 0. The monoisotopic (exact) mass is 777 g/mol. The third-order valence-electron chi connectivity index (χ3n) is 7.92. The van der Waals surface area contributed by atoms with Crippen LogP contribution in [0.3, 0.4) is 0 Å². The van der Waals surface area contributed by atoms with Crippen LogP contribution in [-0.2, 0) is 32.7 Å². The summed E-state index contributed by atoms with van der Waals surface area (Å²) >= 11 is 0. The summed E-state index contributed by atoms with van der Waals surface area (Å²) in [7, 11) is 1.41. The summed E-state index contributed by atoms with van der Waals surface area (Å²) in [6.07, 6.45) is 45.1. The molecule has 0 saturated heterocycles. The van der Waals surface area contributed by atoms with Crippen molar-refractivity contribution in [3.63, 3.8) is 0 Å². The van der Waals surface area contributed by atoms with Gasteiger partial charge in [0.1, 0.15) is 19.8 Å². The van der Waals surface area contributed by atoms with Gasteiger partial charge in [0, 0.05) is 12.8 Å². The predicted molar refractivity (Wildman–Crippen MR) is 224 cm³/mol. The second-order valence-corrected chi connectivity index (χ2v) is 15.7. The van der Waals surface area contributed by atoms with Gasteiger partial charge in [-0.05, 0) is 70.6 Å². The lowest BCUT2D eigenvalue weighted by atomic mass is 10.1. The Morgan fingerprint density at radius 3 is 1.65 bits per heavy atom. The quantitative estimate of drug-likeness (QED) is 0.0223. The standard InChI is InChI=1S/C44H74NO8P/c1-6-8-10-12-14-16-18-19-20-21-22-23-24-25-27-29-31-33-35-37-44(47)53-42(41-52-54(48,49)51-39-38-45(3,4)5)40-50-43(46)36-34-32-30-28-26-17-15-13-11-9-7-2/h8,10,13-16,19-20,22-23,25,27,31,33,42H,6-7,9,11-12,17-18,21,24,26,28-30,32,34-41H2,1-5H3/p+1/b10-8-,15-13-,16-14-,20-19-,23-22-,27-25-,33-31-/t42-/m1/s1. The van der Waals surface area contributed by atoms with Crippen molar-refractivity contribution in [2.45, 2.75) is 136 Å². The van der Waals surface area contributed by atoms with Crippen LogP contribution in [0, 0.1) is 0 Å². The molecule has 0 aliphatic rings. The number of carbonyl (C=O) groups excluding carboxylic acids is 2. The van der Waals surface area contributed by atoms with Crippen molar-refractivity contribution in [1.82, 2.24) is 0 Å². The van der Waals surface area contributed by atoms with E-state index in [1.807, 2.05) is 33.3 Å². The number of hydrogen-bond acceptors (Lipinski definition) is 7. The summed E-state index contributed by atoms with van der Waals surface area (Å²) in [4.78, 5) is 35.2. The highest BCUT2D eigenvalue weighted by atomic mass is 31.2. The van der Waals surface area contributed by atoms with Gasteiger partial charge in [0.25, 0.3) is 0 Å². The van der Waals surface area contributed by atoms with Crippen molar-refractivity contribution in [3.05, 3.63) is 85.1 Å². The van der Waals surface area contributed by atoms with Gasteiger partial charge in [0.15, 0.2) is 6.10 Å². The van der Waals surface area contributed by atoms with Crippen molar-refractivity contribution in [1.29, 1.82) is 0 Å². The van der Waals surface area contributed by atoms with Gasteiger partial charge in [-0.1, -0.05) is 131 Å². The van der Waals surface area contributed by atoms with E-state index in [9.17, 15) is 19.0 Å². The summed E-state index contributed by atoms with van der Waals surface area (Å²) in [6.45, 7) is 4.13. The highest BCUT2D eigenvalue weighted by Gasteiger charge is 2.27. The topological polar surface area (TPSA) is 108 Å². The molecule has 0 bridgehead atoms. The zero-order chi connectivity index (χ0) is 40.0. The smallest absolute Gasteiger partial charge is 0.462 e. The number of carbonyl (C=O) groups is 2. The fraction of sp³-hybridized carbons (Fsp3) is 0.636. The molecular weight excluding hydrogens is 701 g/mol. The van der Waals surface area contributed by atoms with Gasteiger partial charge < -0.3 is 18.9 Å². The second-order valence-electron chi connectivity index (χ2n) is 14.3. The minimum Gasteiger partial charge on any atom is -0.462 e. The molecule has 0 heterocycles. The number of ether oxygens (including phenoxy) is 2. The Bertz CT molecular complexity index is 1200. The van der Waals surface area contributed by atoms with Gasteiger partial charge in [0.2, 0.25) is 0 Å². The van der Waals surface area contributed by atoms with Crippen LogP contribution in [0.2, 0.25) is 0 Å². The summed E-state index contributed by atoms with van der Waals surface area (Å²) in [5, 5.41) is 0. The average molecular weight is 777 g/mol. The van der Waals surface area contributed by atoms with Crippen LogP contribution >= 0.6 is 7.82 Å². The molecule has 9 nitrogen and oxygen atoms in total. The van der Waals surface area contributed by atoms with E-state index < -0.39 is 32.5 Å². The first-order valence-electron chi connectivity index (χ1n) is 20.3. The Labute approximate surface area is 329 Å². The highest BCUT2D eigenvalue weighted by molar-refractivity contribution is 7.47. The van der Waals surface area contributed by atoms with E-state index in [-0.39, 0.29) is 26.1 Å². The Kier molecular flexibility index (Phi) is 34.0. The first-order valence-corrected chi connectivity index (χ1v) is 21.8. The molecule has 0 saturated carbocycles.